The third-order valence-corrected chi connectivity index (χ3v) is 3.10. The smallest absolute Gasteiger partial charge is 0.221 e. The minimum Gasteiger partial charge on any atom is -0.389 e. The van der Waals surface area contributed by atoms with Crippen LogP contribution in [0.3, 0.4) is 0 Å². The number of aliphatic hydroxyl groups is 1. The fourth-order valence-corrected chi connectivity index (χ4v) is 2.46. The van der Waals surface area contributed by atoms with Gasteiger partial charge < -0.3 is 15.7 Å². The molecular formula is C13H26N2O2. The molecule has 0 bridgehead atoms. The molecule has 4 heteroatoms. The lowest BCUT2D eigenvalue weighted by atomic mass is 9.93. The number of nitrogens with one attached hydrogen (secondary N) is 2. The lowest BCUT2D eigenvalue weighted by molar-refractivity contribution is -0.121. The van der Waals surface area contributed by atoms with Crippen LogP contribution in [0.1, 0.15) is 46.5 Å². The third kappa shape index (κ3) is 6.03. The molecule has 100 valence electrons. The Hall–Kier alpha value is -0.610. The second-order valence-corrected chi connectivity index (χ2v) is 5.87. The van der Waals surface area contributed by atoms with Crippen LogP contribution < -0.4 is 10.6 Å². The molecule has 1 fully saturated rings. The Morgan fingerprint density at radius 2 is 2.29 bits per heavy atom. The fourth-order valence-electron chi connectivity index (χ4n) is 2.46. The molecule has 1 amide bonds. The van der Waals surface area contributed by atoms with E-state index in [0.717, 1.165) is 25.8 Å². The number of hydrogen-bond donors (Lipinski definition) is 3. The summed E-state index contributed by atoms with van der Waals surface area (Å²) in [7, 11) is 0. The summed E-state index contributed by atoms with van der Waals surface area (Å²) >= 11 is 0. The SMILES string of the molecule is CC(C)CC(C)(O)CNC1CCCNC(=O)C1. The Morgan fingerprint density at radius 3 is 2.94 bits per heavy atom. The first-order valence-corrected chi connectivity index (χ1v) is 6.61. The predicted molar refractivity (Wildman–Crippen MR) is 68.7 cm³/mol. The van der Waals surface area contributed by atoms with Crippen molar-refractivity contribution in [3.8, 4) is 0 Å². The Kier molecular flexibility index (Phi) is 5.40. The van der Waals surface area contributed by atoms with Crippen LogP contribution in [0, 0.1) is 5.92 Å². The molecule has 0 aliphatic carbocycles. The van der Waals surface area contributed by atoms with E-state index >= 15 is 0 Å². The van der Waals surface area contributed by atoms with Gasteiger partial charge in [-0.2, -0.15) is 0 Å². The number of carbonyl (C=O) groups is 1. The highest BCUT2D eigenvalue weighted by Gasteiger charge is 2.24. The van der Waals surface area contributed by atoms with E-state index in [1.807, 2.05) is 6.92 Å². The molecule has 2 unspecified atom stereocenters. The van der Waals surface area contributed by atoms with Crippen molar-refractivity contribution in [2.24, 2.45) is 5.92 Å². The second-order valence-electron chi connectivity index (χ2n) is 5.87. The van der Waals surface area contributed by atoms with Crippen LogP contribution in [0.25, 0.3) is 0 Å². The molecule has 1 aliphatic rings. The minimum atomic E-state index is -0.684. The van der Waals surface area contributed by atoms with Gasteiger partial charge in [0.15, 0.2) is 0 Å². The van der Waals surface area contributed by atoms with Gasteiger partial charge in [0, 0.05) is 25.6 Å². The molecule has 0 aromatic rings. The maximum atomic E-state index is 11.4. The Labute approximate surface area is 104 Å². The standard InChI is InChI=1S/C13H26N2O2/c1-10(2)8-13(3,17)9-15-11-5-4-6-14-12(16)7-11/h10-11,15,17H,4-9H2,1-3H3,(H,14,16). The van der Waals surface area contributed by atoms with E-state index in [1.54, 1.807) is 0 Å². The highest BCUT2D eigenvalue weighted by atomic mass is 16.3. The van der Waals surface area contributed by atoms with Crippen LogP contribution in [0.2, 0.25) is 0 Å². The quantitative estimate of drug-likeness (QED) is 0.675. The predicted octanol–water partition coefficient (Wildman–Crippen LogP) is 1.04. The van der Waals surface area contributed by atoms with Gasteiger partial charge in [-0.05, 0) is 32.1 Å². The summed E-state index contributed by atoms with van der Waals surface area (Å²) in [5.41, 5.74) is -0.684. The van der Waals surface area contributed by atoms with Gasteiger partial charge in [0.2, 0.25) is 5.91 Å². The molecular weight excluding hydrogens is 216 g/mol. The summed E-state index contributed by atoms with van der Waals surface area (Å²) in [6.07, 6.45) is 3.31. The molecule has 1 saturated heterocycles. The van der Waals surface area contributed by atoms with Crippen molar-refractivity contribution in [3.05, 3.63) is 0 Å². The molecule has 0 aromatic heterocycles. The molecule has 4 nitrogen and oxygen atoms in total. The van der Waals surface area contributed by atoms with Crippen molar-refractivity contribution < 1.29 is 9.90 Å². The first-order chi connectivity index (χ1) is 7.89. The number of carbonyl (C=O) groups excluding carboxylic acids is 1. The first kappa shape index (κ1) is 14.5. The van der Waals surface area contributed by atoms with E-state index in [2.05, 4.69) is 24.5 Å². The van der Waals surface area contributed by atoms with Gasteiger partial charge in [0.1, 0.15) is 0 Å². The Bertz CT molecular complexity index is 252. The molecule has 3 N–H and O–H groups in total. The largest absolute Gasteiger partial charge is 0.389 e. The Morgan fingerprint density at radius 1 is 1.59 bits per heavy atom. The zero-order valence-corrected chi connectivity index (χ0v) is 11.3. The monoisotopic (exact) mass is 242 g/mol. The Balaban J connectivity index is 2.35. The zero-order valence-electron chi connectivity index (χ0n) is 11.3. The molecule has 1 heterocycles. The molecule has 0 radical (unpaired) electrons. The summed E-state index contributed by atoms with van der Waals surface area (Å²) in [6, 6.07) is 0.205. The number of hydrogen-bond acceptors (Lipinski definition) is 3. The van der Waals surface area contributed by atoms with Crippen molar-refractivity contribution in [3.63, 3.8) is 0 Å². The summed E-state index contributed by atoms with van der Waals surface area (Å²) in [5.74, 6) is 0.590. The maximum Gasteiger partial charge on any atom is 0.221 e. The molecule has 0 spiro atoms. The number of amides is 1. The molecule has 0 saturated carbocycles. The van der Waals surface area contributed by atoms with Crippen LogP contribution in [0.5, 0.6) is 0 Å². The molecule has 17 heavy (non-hydrogen) atoms. The lowest BCUT2D eigenvalue weighted by Gasteiger charge is -2.28. The molecule has 2 atom stereocenters. The van der Waals surface area contributed by atoms with Gasteiger partial charge in [0.25, 0.3) is 0 Å². The van der Waals surface area contributed by atoms with E-state index < -0.39 is 5.60 Å². The second kappa shape index (κ2) is 6.36. The van der Waals surface area contributed by atoms with E-state index in [-0.39, 0.29) is 11.9 Å². The average molecular weight is 242 g/mol. The molecule has 0 aromatic carbocycles. The van der Waals surface area contributed by atoms with Gasteiger partial charge in [-0.1, -0.05) is 13.8 Å². The lowest BCUT2D eigenvalue weighted by Crippen LogP contribution is -2.44. The highest BCUT2D eigenvalue weighted by Crippen LogP contribution is 2.16. The van der Waals surface area contributed by atoms with Gasteiger partial charge >= 0.3 is 0 Å². The van der Waals surface area contributed by atoms with Gasteiger partial charge in [-0.25, -0.2) is 0 Å². The first-order valence-electron chi connectivity index (χ1n) is 6.61. The van der Waals surface area contributed by atoms with Crippen molar-refractivity contribution in [2.45, 2.75) is 58.1 Å². The van der Waals surface area contributed by atoms with E-state index in [0.29, 0.717) is 18.9 Å². The van der Waals surface area contributed by atoms with E-state index in [1.165, 1.54) is 0 Å². The summed E-state index contributed by atoms with van der Waals surface area (Å²) in [5, 5.41) is 16.4. The molecule has 1 aliphatic heterocycles. The zero-order chi connectivity index (χ0) is 12.9. The summed E-state index contributed by atoms with van der Waals surface area (Å²) in [4.78, 5) is 11.4. The van der Waals surface area contributed by atoms with Crippen molar-refractivity contribution in [1.29, 1.82) is 0 Å². The number of rotatable bonds is 5. The van der Waals surface area contributed by atoms with Gasteiger partial charge in [-0.15, -0.1) is 0 Å². The van der Waals surface area contributed by atoms with E-state index in [4.69, 9.17) is 0 Å². The van der Waals surface area contributed by atoms with Gasteiger partial charge in [0.05, 0.1) is 5.60 Å². The summed E-state index contributed by atoms with van der Waals surface area (Å²) in [6.45, 7) is 7.40. The fraction of sp³-hybridized carbons (Fsp3) is 0.923. The van der Waals surface area contributed by atoms with Crippen LogP contribution in [0.15, 0.2) is 0 Å². The molecule has 1 rings (SSSR count). The van der Waals surface area contributed by atoms with Gasteiger partial charge in [-0.3, -0.25) is 4.79 Å². The van der Waals surface area contributed by atoms with Crippen LogP contribution >= 0.6 is 0 Å². The van der Waals surface area contributed by atoms with Crippen LogP contribution in [-0.2, 0) is 4.79 Å². The van der Waals surface area contributed by atoms with Crippen LogP contribution in [-0.4, -0.2) is 35.7 Å². The highest BCUT2D eigenvalue weighted by molar-refractivity contribution is 5.76. The van der Waals surface area contributed by atoms with E-state index in [9.17, 15) is 9.90 Å². The normalized spacial score (nSPS) is 25.2. The van der Waals surface area contributed by atoms with Crippen LogP contribution in [0.4, 0.5) is 0 Å². The maximum absolute atomic E-state index is 11.4. The average Bonchev–Trinajstić information content (AvgIpc) is 2.38. The van der Waals surface area contributed by atoms with Crippen molar-refractivity contribution in [1.82, 2.24) is 10.6 Å². The minimum absolute atomic E-state index is 0.114. The summed E-state index contributed by atoms with van der Waals surface area (Å²) < 4.78 is 0. The van der Waals surface area contributed by atoms with Crippen molar-refractivity contribution >= 4 is 5.91 Å². The van der Waals surface area contributed by atoms with Crippen molar-refractivity contribution in [2.75, 3.05) is 13.1 Å². The topological polar surface area (TPSA) is 61.4 Å². The third-order valence-electron chi connectivity index (χ3n) is 3.10.